The molecule has 0 saturated heterocycles. The summed E-state index contributed by atoms with van der Waals surface area (Å²) in [4.78, 5) is 36.8. The van der Waals surface area contributed by atoms with E-state index in [2.05, 4.69) is 58.9 Å². The average Bonchev–Trinajstić information content (AvgIpc) is 1.68. The van der Waals surface area contributed by atoms with Crippen LogP contribution in [-0.4, -0.2) is 82.6 Å². The summed E-state index contributed by atoms with van der Waals surface area (Å²) >= 11 is 0. The molecule has 0 unspecified atom stereocenters. The first-order valence-electron chi connectivity index (χ1n) is 40.7. The molecule has 6 aromatic rings. The minimum absolute atomic E-state index is 0.0632. The van der Waals surface area contributed by atoms with Gasteiger partial charge >= 0.3 is 17.9 Å². The Morgan fingerprint density at radius 2 is 0.724 bits per heavy atom. The van der Waals surface area contributed by atoms with Crippen LogP contribution in [0.4, 0.5) is 0 Å². The van der Waals surface area contributed by atoms with Gasteiger partial charge < -0.3 is 48.8 Å². The van der Waals surface area contributed by atoms with E-state index in [1.54, 1.807) is 0 Å². The SMILES string of the molecule is CCCCC[C@H](C)CC[C@@H]1[C@H]2Cc3cccc(OCC(=O)OCc4ccccc4)c3C[C@H]2C[C@H]1O.CCCCC[C@H](O)CC[C@@H]1[C@H]2Cc3cccc(OCC(=O)OCc4ccccc4)c3C[C@H]2C[C@H]1C.CCCCC[C@H](O)CC[C@@H]1[C@H]2Cc3cccc(OCC(=O)OCc4ccccc4)c3C[C@H]2C[C@H]1O. The number of ether oxygens (including phenoxy) is 6. The van der Waals surface area contributed by atoms with E-state index in [1.807, 2.05) is 121 Å². The van der Waals surface area contributed by atoms with Crippen LogP contribution in [0.1, 0.15) is 220 Å². The van der Waals surface area contributed by atoms with Crippen molar-refractivity contribution in [2.45, 2.75) is 252 Å². The van der Waals surface area contributed by atoms with E-state index in [9.17, 15) is 34.8 Å². The zero-order valence-corrected chi connectivity index (χ0v) is 63.8. The number of aliphatic hydroxyl groups is 4. The molecule has 105 heavy (non-hydrogen) atoms. The highest BCUT2D eigenvalue weighted by atomic mass is 16.6. The number of rotatable bonds is 36. The molecule has 3 saturated carbocycles. The predicted molar refractivity (Wildman–Crippen MR) is 414 cm³/mol. The predicted octanol–water partition coefficient (Wildman–Crippen LogP) is 18.3. The van der Waals surface area contributed by atoms with Crippen LogP contribution in [0.3, 0.4) is 0 Å². The van der Waals surface area contributed by atoms with Crippen LogP contribution in [-0.2, 0) is 86.9 Å². The largest absolute Gasteiger partial charge is 0.482 e. The van der Waals surface area contributed by atoms with E-state index in [-0.39, 0.29) is 87.9 Å². The molecular weight excluding hydrogens is 1310 g/mol. The van der Waals surface area contributed by atoms with Gasteiger partial charge in [0.2, 0.25) is 0 Å². The molecule has 15 atom stereocenters. The average molecular weight is 1440 g/mol. The fourth-order valence-corrected chi connectivity index (χ4v) is 18.6. The van der Waals surface area contributed by atoms with Gasteiger partial charge in [-0.25, -0.2) is 14.4 Å². The van der Waals surface area contributed by atoms with Gasteiger partial charge in [0.25, 0.3) is 0 Å². The van der Waals surface area contributed by atoms with E-state index in [1.165, 1.54) is 85.6 Å². The Bertz CT molecular complexity index is 3190. The topological polar surface area (TPSA) is 188 Å². The highest BCUT2D eigenvalue weighted by molar-refractivity contribution is 5.72. The van der Waals surface area contributed by atoms with Crippen molar-refractivity contribution in [2.24, 2.45) is 65.1 Å². The Balaban J connectivity index is 0.000000169. The number of hydrogen-bond donors (Lipinski definition) is 4. The number of esters is 3. The third kappa shape index (κ3) is 24.0. The Labute approximate surface area is 627 Å². The lowest BCUT2D eigenvalue weighted by Gasteiger charge is -2.33. The summed E-state index contributed by atoms with van der Waals surface area (Å²) in [7, 11) is 0. The van der Waals surface area contributed by atoms with Crippen LogP contribution in [0.25, 0.3) is 0 Å². The van der Waals surface area contributed by atoms with Gasteiger partial charge in [0, 0.05) is 0 Å². The lowest BCUT2D eigenvalue weighted by molar-refractivity contribution is -0.148. The van der Waals surface area contributed by atoms with Gasteiger partial charge in [-0.15, -0.1) is 0 Å². The van der Waals surface area contributed by atoms with E-state index < -0.39 is 0 Å². The zero-order chi connectivity index (χ0) is 73.9. The fourth-order valence-electron chi connectivity index (χ4n) is 18.6. The molecule has 0 spiro atoms. The molecule has 0 aromatic heterocycles. The third-order valence-electron chi connectivity index (χ3n) is 24.4. The van der Waals surface area contributed by atoms with E-state index in [4.69, 9.17) is 28.4 Å². The van der Waals surface area contributed by atoms with Crippen LogP contribution < -0.4 is 14.2 Å². The lowest BCUT2D eigenvalue weighted by atomic mass is 9.73. The molecule has 0 heterocycles. The van der Waals surface area contributed by atoms with Gasteiger partial charge in [-0.1, -0.05) is 233 Å². The number of unbranched alkanes of at least 4 members (excludes halogenated alkanes) is 6. The first-order chi connectivity index (χ1) is 51.1. The number of aliphatic hydroxyl groups excluding tert-OH is 4. The molecule has 6 aromatic carbocycles. The quantitative estimate of drug-likeness (QED) is 0.0165. The van der Waals surface area contributed by atoms with Gasteiger partial charge in [0.05, 0.1) is 24.4 Å². The van der Waals surface area contributed by atoms with E-state index in [0.717, 1.165) is 161 Å². The summed E-state index contributed by atoms with van der Waals surface area (Å²) in [6.07, 6.45) is 27.9. The normalized spacial score (nSPS) is 23.9. The molecule has 0 aliphatic heterocycles. The number of hydrogen-bond acceptors (Lipinski definition) is 13. The zero-order valence-electron chi connectivity index (χ0n) is 63.8. The van der Waals surface area contributed by atoms with Gasteiger partial charge in [-0.05, 0) is 236 Å². The molecular formula is C92H124O13. The summed E-state index contributed by atoms with van der Waals surface area (Å²) in [6.45, 7) is 11.9. The minimum atomic E-state index is -0.381. The Kier molecular flexibility index (Phi) is 32.1. The van der Waals surface area contributed by atoms with Crippen molar-refractivity contribution in [3.05, 3.63) is 196 Å². The second kappa shape index (κ2) is 41.9. The van der Waals surface area contributed by atoms with Crippen molar-refractivity contribution in [1.82, 2.24) is 0 Å². The maximum absolute atomic E-state index is 12.3. The van der Waals surface area contributed by atoms with Crippen LogP contribution in [0, 0.1) is 65.1 Å². The highest BCUT2D eigenvalue weighted by Gasteiger charge is 2.47. The maximum atomic E-state index is 12.3. The molecule has 0 bridgehead atoms. The van der Waals surface area contributed by atoms with Crippen LogP contribution >= 0.6 is 0 Å². The Morgan fingerprint density at radius 1 is 0.390 bits per heavy atom. The van der Waals surface area contributed by atoms with Crippen LogP contribution in [0.15, 0.2) is 146 Å². The first kappa shape index (κ1) is 80.5. The first-order valence-corrected chi connectivity index (χ1v) is 40.7. The molecule has 570 valence electrons. The summed E-state index contributed by atoms with van der Waals surface area (Å²) in [6, 6.07) is 47.5. The molecule has 0 radical (unpaired) electrons. The molecule has 0 amide bonds. The van der Waals surface area contributed by atoms with Gasteiger partial charge in [0.15, 0.2) is 19.8 Å². The Hall–Kier alpha value is -7.03. The Morgan fingerprint density at radius 3 is 1.10 bits per heavy atom. The summed E-state index contributed by atoms with van der Waals surface area (Å²) < 4.78 is 33.9. The van der Waals surface area contributed by atoms with Crippen molar-refractivity contribution in [2.75, 3.05) is 19.8 Å². The second-order valence-electron chi connectivity index (χ2n) is 31.9. The molecule has 6 aliphatic carbocycles. The molecule has 3 fully saturated rings. The molecule has 13 heteroatoms. The monoisotopic (exact) mass is 1440 g/mol. The molecule has 4 N–H and O–H groups in total. The smallest absolute Gasteiger partial charge is 0.344 e. The summed E-state index contributed by atoms with van der Waals surface area (Å²) in [5, 5.41) is 42.6. The van der Waals surface area contributed by atoms with Crippen molar-refractivity contribution >= 4 is 17.9 Å². The van der Waals surface area contributed by atoms with Crippen LogP contribution in [0.5, 0.6) is 17.2 Å². The number of fused-ring (bicyclic) bond motifs is 6. The van der Waals surface area contributed by atoms with E-state index >= 15 is 0 Å². The van der Waals surface area contributed by atoms with Crippen molar-refractivity contribution in [3.8, 4) is 17.2 Å². The molecule has 12 rings (SSSR count). The third-order valence-corrected chi connectivity index (χ3v) is 24.4. The maximum Gasteiger partial charge on any atom is 0.344 e. The second-order valence-corrected chi connectivity index (χ2v) is 31.9. The number of carbonyl (C=O) groups is 3. The van der Waals surface area contributed by atoms with Crippen LogP contribution in [0.2, 0.25) is 0 Å². The van der Waals surface area contributed by atoms with Crippen molar-refractivity contribution < 1.29 is 63.2 Å². The van der Waals surface area contributed by atoms with E-state index in [0.29, 0.717) is 53.3 Å². The fraction of sp³-hybridized carbons (Fsp3) is 0.576. The molecule has 13 nitrogen and oxygen atoms in total. The van der Waals surface area contributed by atoms with Gasteiger partial charge in [0.1, 0.15) is 37.1 Å². The molecule has 6 aliphatic rings. The number of carbonyl (C=O) groups excluding carboxylic acids is 3. The standard InChI is InChI=1S/2C31H42O4.C30H40O5/c1-3-4-6-13-26(32)15-16-27-22(2)17-25-19-29-24(18-28(25)27)12-9-14-30(29)34-21-31(33)35-20-23-10-7-5-8-11-23;1-3-4-6-10-22(2)15-16-26-27-17-24-13-9-14-30(28(24)18-25(27)19-29(26)32)34-21-31(33)35-20-23-11-7-5-8-12-23;1-2-3-5-12-24(31)14-15-25-26-16-22-11-8-13-29(27(22)17-23(26)18-28(25)32)34-20-30(33)35-19-21-9-6-4-7-10-21/h5,7-12,14,22,25-28,32H,3-4,6,13,15-21H2,1-2H3;5,7-9,11-14,22,25-27,29,32H,3-4,6,10,15-21H2,1-2H3;4,6-11,13,23-26,28,31-32H,2-3,5,12,14-20H2,1H3/t22-,25-,26+,27+,28+;22-,25-,26+,27-,29+;23-,24-,25+,26-,28+/m100/s1. The number of benzene rings is 6. The minimum Gasteiger partial charge on any atom is -0.482 e. The van der Waals surface area contributed by atoms with Gasteiger partial charge in [-0.2, -0.15) is 0 Å². The van der Waals surface area contributed by atoms with Crippen molar-refractivity contribution in [1.29, 1.82) is 0 Å². The lowest BCUT2D eigenvalue weighted by Crippen LogP contribution is -2.28. The van der Waals surface area contributed by atoms with Gasteiger partial charge in [-0.3, -0.25) is 0 Å². The van der Waals surface area contributed by atoms with Crippen molar-refractivity contribution in [3.63, 3.8) is 0 Å². The summed E-state index contributed by atoms with van der Waals surface area (Å²) in [5.41, 5.74) is 10.5. The highest BCUT2D eigenvalue weighted by Crippen LogP contribution is 2.53. The summed E-state index contributed by atoms with van der Waals surface area (Å²) in [5.74, 6) is 7.30.